The fourth-order valence-corrected chi connectivity index (χ4v) is 3.18. The van der Waals surface area contributed by atoms with E-state index in [4.69, 9.17) is 21.1 Å². The monoisotopic (exact) mass is 510 g/mol. The SMILES string of the molecule is COC(=O)C(Cc1ccc(NC(=O)c2cc(Br)ccc2Cl)cc1)NC(=O)OC(C)(C)C. The van der Waals surface area contributed by atoms with E-state index >= 15 is 0 Å². The lowest BCUT2D eigenvalue weighted by molar-refractivity contribution is -0.143. The standard InChI is InChI=1S/C22H24BrClN2O5/c1-22(2,3)31-21(29)26-18(20(28)30-4)11-13-5-8-15(9-6-13)25-19(27)16-12-14(23)7-10-17(16)24/h5-10,12,18H,11H2,1-4H3,(H,25,27)(H,26,29). The maximum Gasteiger partial charge on any atom is 0.408 e. The fraction of sp³-hybridized carbons (Fsp3) is 0.318. The number of rotatable bonds is 6. The van der Waals surface area contributed by atoms with Crippen molar-refractivity contribution in [2.45, 2.75) is 38.8 Å². The van der Waals surface area contributed by atoms with Crippen LogP contribution in [0.3, 0.4) is 0 Å². The molecule has 7 nitrogen and oxygen atoms in total. The molecule has 0 fully saturated rings. The number of amides is 2. The van der Waals surface area contributed by atoms with E-state index in [9.17, 15) is 14.4 Å². The van der Waals surface area contributed by atoms with Gasteiger partial charge in [0, 0.05) is 16.6 Å². The molecule has 0 spiro atoms. The van der Waals surface area contributed by atoms with Gasteiger partial charge in [0.1, 0.15) is 11.6 Å². The average Bonchev–Trinajstić information content (AvgIpc) is 2.68. The van der Waals surface area contributed by atoms with E-state index in [0.29, 0.717) is 16.3 Å². The number of alkyl carbamates (subject to hydrolysis) is 1. The summed E-state index contributed by atoms with van der Waals surface area (Å²) >= 11 is 9.41. The number of esters is 1. The molecule has 2 amide bonds. The van der Waals surface area contributed by atoms with Crippen LogP contribution in [0.25, 0.3) is 0 Å². The van der Waals surface area contributed by atoms with Gasteiger partial charge >= 0.3 is 12.1 Å². The first-order chi connectivity index (χ1) is 14.5. The zero-order valence-electron chi connectivity index (χ0n) is 17.6. The van der Waals surface area contributed by atoms with Crippen LogP contribution in [0.5, 0.6) is 0 Å². The number of halogens is 2. The highest BCUT2D eigenvalue weighted by Gasteiger charge is 2.25. The van der Waals surface area contributed by atoms with Crippen molar-refractivity contribution in [3.63, 3.8) is 0 Å². The lowest BCUT2D eigenvalue weighted by Gasteiger charge is -2.22. The van der Waals surface area contributed by atoms with Gasteiger partial charge in [-0.25, -0.2) is 9.59 Å². The molecule has 0 radical (unpaired) electrons. The summed E-state index contributed by atoms with van der Waals surface area (Å²) in [6, 6.07) is 11.0. The number of carbonyl (C=O) groups is 3. The van der Waals surface area contributed by atoms with Crippen LogP contribution in [0, 0.1) is 0 Å². The van der Waals surface area contributed by atoms with E-state index in [1.807, 2.05) is 0 Å². The number of nitrogens with one attached hydrogen (secondary N) is 2. The number of hydrogen-bond acceptors (Lipinski definition) is 5. The number of methoxy groups -OCH3 is 1. The van der Waals surface area contributed by atoms with Crippen LogP contribution in [0.2, 0.25) is 5.02 Å². The molecule has 2 rings (SSSR count). The van der Waals surface area contributed by atoms with Gasteiger partial charge in [0.15, 0.2) is 0 Å². The minimum atomic E-state index is -0.916. The van der Waals surface area contributed by atoms with E-state index in [0.717, 1.165) is 10.0 Å². The van der Waals surface area contributed by atoms with Crippen molar-refractivity contribution < 1.29 is 23.9 Å². The molecule has 0 heterocycles. The Bertz CT molecular complexity index is 957. The van der Waals surface area contributed by atoms with Crippen LogP contribution < -0.4 is 10.6 Å². The molecular formula is C22H24BrClN2O5. The van der Waals surface area contributed by atoms with E-state index in [1.165, 1.54) is 7.11 Å². The largest absolute Gasteiger partial charge is 0.467 e. The Morgan fingerprint density at radius 3 is 2.32 bits per heavy atom. The van der Waals surface area contributed by atoms with Crippen molar-refractivity contribution in [2.75, 3.05) is 12.4 Å². The zero-order chi connectivity index (χ0) is 23.2. The van der Waals surface area contributed by atoms with Crippen molar-refractivity contribution in [3.8, 4) is 0 Å². The van der Waals surface area contributed by atoms with Gasteiger partial charge in [-0.3, -0.25) is 4.79 Å². The molecule has 0 bridgehead atoms. The van der Waals surface area contributed by atoms with Crippen molar-refractivity contribution in [1.29, 1.82) is 0 Å². The second kappa shape index (κ2) is 10.6. The van der Waals surface area contributed by atoms with E-state index in [-0.39, 0.29) is 12.3 Å². The average molecular weight is 512 g/mol. The Balaban J connectivity index is 2.06. The molecule has 166 valence electrons. The van der Waals surface area contributed by atoms with Gasteiger partial charge in [-0.05, 0) is 56.7 Å². The summed E-state index contributed by atoms with van der Waals surface area (Å²) in [7, 11) is 1.25. The van der Waals surface area contributed by atoms with Crippen LogP contribution in [-0.2, 0) is 20.7 Å². The summed E-state index contributed by atoms with van der Waals surface area (Å²) in [6.45, 7) is 5.19. The Kier molecular flexibility index (Phi) is 8.47. The van der Waals surface area contributed by atoms with Gasteiger partial charge in [0.25, 0.3) is 5.91 Å². The van der Waals surface area contributed by atoms with Crippen LogP contribution in [-0.4, -0.2) is 36.7 Å². The van der Waals surface area contributed by atoms with E-state index in [2.05, 4.69) is 26.6 Å². The highest BCUT2D eigenvalue weighted by atomic mass is 79.9. The molecule has 2 aromatic rings. The zero-order valence-corrected chi connectivity index (χ0v) is 20.0. The second-order valence-electron chi connectivity index (χ2n) is 7.70. The summed E-state index contributed by atoms with van der Waals surface area (Å²) in [5.41, 5.74) is 0.957. The van der Waals surface area contributed by atoms with Gasteiger partial charge in [0.05, 0.1) is 17.7 Å². The first kappa shape index (κ1) is 24.7. The van der Waals surface area contributed by atoms with Crippen LogP contribution in [0.1, 0.15) is 36.7 Å². The van der Waals surface area contributed by atoms with Crippen molar-refractivity contribution >= 4 is 51.2 Å². The minimum absolute atomic E-state index is 0.192. The smallest absolute Gasteiger partial charge is 0.408 e. The highest BCUT2D eigenvalue weighted by Crippen LogP contribution is 2.22. The molecule has 31 heavy (non-hydrogen) atoms. The molecule has 0 aliphatic heterocycles. The summed E-state index contributed by atoms with van der Waals surface area (Å²) in [6.07, 6.45) is -0.518. The molecule has 0 aliphatic rings. The van der Waals surface area contributed by atoms with Gasteiger partial charge in [-0.1, -0.05) is 39.7 Å². The topological polar surface area (TPSA) is 93.7 Å². The molecule has 2 N–H and O–H groups in total. The predicted molar refractivity (Wildman–Crippen MR) is 122 cm³/mol. The summed E-state index contributed by atoms with van der Waals surface area (Å²) in [5.74, 6) is -0.939. The lowest BCUT2D eigenvalue weighted by atomic mass is 10.1. The van der Waals surface area contributed by atoms with Crippen molar-refractivity contribution in [1.82, 2.24) is 5.32 Å². The third-order valence-corrected chi connectivity index (χ3v) is 4.82. The molecule has 2 aromatic carbocycles. The molecule has 0 saturated heterocycles. The number of benzene rings is 2. The number of anilines is 1. The number of carbonyl (C=O) groups excluding carboxylic acids is 3. The van der Waals surface area contributed by atoms with Crippen LogP contribution in [0.4, 0.5) is 10.5 Å². The third-order valence-electron chi connectivity index (χ3n) is 4.00. The Labute approximate surface area is 194 Å². The van der Waals surface area contributed by atoms with Gasteiger partial charge < -0.3 is 20.1 Å². The summed E-state index contributed by atoms with van der Waals surface area (Å²) in [4.78, 5) is 36.6. The van der Waals surface area contributed by atoms with Crippen LogP contribution >= 0.6 is 27.5 Å². The predicted octanol–water partition coefficient (Wildman–Crippen LogP) is 4.96. The molecule has 1 unspecified atom stereocenters. The maximum absolute atomic E-state index is 12.5. The fourth-order valence-electron chi connectivity index (χ4n) is 2.62. The Morgan fingerprint density at radius 2 is 1.74 bits per heavy atom. The normalized spacial score (nSPS) is 11.9. The van der Waals surface area contributed by atoms with E-state index in [1.54, 1.807) is 63.2 Å². The summed E-state index contributed by atoms with van der Waals surface area (Å²) < 4.78 is 10.7. The Morgan fingerprint density at radius 1 is 1.10 bits per heavy atom. The first-order valence-corrected chi connectivity index (χ1v) is 10.6. The van der Waals surface area contributed by atoms with Gasteiger partial charge in [0.2, 0.25) is 0 Å². The van der Waals surface area contributed by atoms with E-state index < -0.39 is 23.7 Å². The molecule has 0 aliphatic carbocycles. The van der Waals surface area contributed by atoms with Crippen LogP contribution in [0.15, 0.2) is 46.9 Å². The molecular weight excluding hydrogens is 488 g/mol. The number of ether oxygens (including phenoxy) is 2. The maximum atomic E-state index is 12.5. The molecule has 1 atom stereocenters. The molecule has 9 heteroatoms. The minimum Gasteiger partial charge on any atom is -0.467 e. The Hall–Kier alpha value is -2.58. The molecule has 0 saturated carbocycles. The highest BCUT2D eigenvalue weighted by molar-refractivity contribution is 9.10. The quantitative estimate of drug-likeness (QED) is 0.535. The van der Waals surface area contributed by atoms with Gasteiger partial charge in [-0.15, -0.1) is 0 Å². The summed E-state index contributed by atoms with van der Waals surface area (Å²) in [5, 5.41) is 5.64. The second-order valence-corrected chi connectivity index (χ2v) is 9.02. The van der Waals surface area contributed by atoms with Crippen molar-refractivity contribution in [2.24, 2.45) is 0 Å². The lowest BCUT2D eigenvalue weighted by Crippen LogP contribution is -2.45. The molecule has 0 aromatic heterocycles. The number of hydrogen-bond donors (Lipinski definition) is 2. The van der Waals surface area contributed by atoms with Crippen molar-refractivity contribution in [3.05, 3.63) is 63.1 Å². The third kappa shape index (κ3) is 7.88. The first-order valence-electron chi connectivity index (χ1n) is 9.41. The van der Waals surface area contributed by atoms with Gasteiger partial charge in [-0.2, -0.15) is 0 Å².